The number of imidazole rings is 1. The van der Waals surface area contributed by atoms with Gasteiger partial charge in [-0.15, -0.1) is 11.3 Å². The Labute approximate surface area is 170 Å². The van der Waals surface area contributed by atoms with Crippen LogP contribution >= 0.6 is 11.3 Å². The fourth-order valence-electron chi connectivity index (χ4n) is 2.88. The summed E-state index contributed by atoms with van der Waals surface area (Å²) in [5.74, 6) is 1.46. The molecule has 0 aliphatic carbocycles. The van der Waals surface area contributed by atoms with Gasteiger partial charge < -0.3 is 19.5 Å². The number of thiophene rings is 1. The van der Waals surface area contributed by atoms with Crippen LogP contribution in [0.2, 0.25) is 0 Å². The highest BCUT2D eigenvalue weighted by molar-refractivity contribution is 7.17. The molecule has 0 saturated heterocycles. The van der Waals surface area contributed by atoms with Crippen molar-refractivity contribution in [3.63, 3.8) is 0 Å². The standard InChI is InChI=1S/C20H18N4O4S/c1-26-14-5-4-12(10-15(14)27-2)13-11-17-21-8-9-24(17)20(22-13)23-18-7-6-16(29-18)19(25)28-3/h4-11H,1-3H3,(H,22,23). The van der Waals surface area contributed by atoms with Crippen molar-refractivity contribution in [2.45, 2.75) is 0 Å². The Morgan fingerprint density at radius 2 is 1.90 bits per heavy atom. The van der Waals surface area contributed by atoms with Crippen LogP contribution in [0, 0.1) is 0 Å². The van der Waals surface area contributed by atoms with Crippen LogP contribution < -0.4 is 14.8 Å². The first-order valence-corrected chi connectivity index (χ1v) is 9.46. The highest BCUT2D eigenvalue weighted by Crippen LogP contribution is 2.33. The Bertz CT molecular complexity index is 1180. The fourth-order valence-corrected chi connectivity index (χ4v) is 3.70. The number of ether oxygens (including phenoxy) is 3. The van der Waals surface area contributed by atoms with Crippen molar-refractivity contribution in [2.75, 3.05) is 26.6 Å². The number of hydrogen-bond donors (Lipinski definition) is 1. The molecule has 1 aromatic carbocycles. The second-order valence-corrected chi connectivity index (χ2v) is 7.05. The van der Waals surface area contributed by atoms with Crippen LogP contribution in [0.15, 0.2) is 48.8 Å². The number of carbonyl (C=O) groups excluding carboxylic acids is 1. The lowest BCUT2D eigenvalue weighted by molar-refractivity contribution is 0.0606. The normalized spacial score (nSPS) is 10.7. The summed E-state index contributed by atoms with van der Waals surface area (Å²) in [6.07, 6.45) is 3.52. The lowest BCUT2D eigenvalue weighted by Crippen LogP contribution is -2.02. The zero-order valence-electron chi connectivity index (χ0n) is 16.0. The van der Waals surface area contributed by atoms with Gasteiger partial charge in [0.2, 0.25) is 5.95 Å². The van der Waals surface area contributed by atoms with Gasteiger partial charge in [0.1, 0.15) is 10.5 Å². The largest absolute Gasteiger partial charge is 0.493 e. The minimum absolute atomic E-state index is 0.372. The van der Waals surface area contributed by atoms with E-state index in [0.717, 1.165) is 21.9 Å². The molecule has 0 saturated carbocycles. The molecule has 0 unspecified atom stereocenters. The van der Waals surface area contributed by atoms with Crippen LogP contribution in [-0.4, -0.2) is 41.7 Å². The summed E-state index contributed by atoms with van der Waals surface area (Å²) in [6.45, 7) is 0. The molecule has 29 heavy (non-hydrogen) atoms. The molecule has 0 spiro atoms. The van der Waals surface area contributed by atoms with Crippen molar-refractivity contribution in [3.05, 3.63) is 53.7 Å². The van der Waals surface area contributed by atoms with E-state index in [1.165, 1.54) is 18.4 Å². The molecule has 0 aliphatic rings. The molecule has 3 aromatic heterocycles. The third-order valence-corrected chi connectivity index (χ3v) is 5.28. The van der Waals surface area contributed by atoms with Crippen molar-refractivity contribution in [1.29, 1.82) is 0 Å². The van der Waals surface area contributed by atoms with E-state index in [-0.39, 0.29) is 5.97 Å². The summed E-state index contributed by atoms with van der Waals surface area (Å²) in [5, 5.41) is 4.02. The number of nitrogens with zero attached hydrogens (tertiary/aromatic N) is 3. The molecule has 148 valence electrons. The van der Waals surface area contributed by atoms with E-state index in [4.69, 9.17) is 19.2 Å². The van der Waals surface area contributed by atoms with Crippen molar-refractivity contribution in [3.8, 4) is 22.8 Å². The number of fused-ring (bicyclic) bond motifs is 1. The van der Waals surface area contributed by atoms with Gasteiger partial charge in [-0.05, 0) is 30.3 Å². The van der Waals surface area contributed by atoms with Crippen LogP contribution in [0.25, 0.3) is 16.9 Å². The maximum absolute atomic E-state index is 11.7. The molecule has 9 heteroatoms. The number of carbonyl (C=O) groups is 1. The maximum atomic E-state index is 11.7. The lowest BCUT2D eigenvalue weighted by atomic mass is 10.1. The molecule has 0 atom stereocenters. The van der Waals surface area contributed by atoms with Gasteiger partial charge in [0.25, 0.3) is 0 Å². The molecule has 4 rings (SSSR count). The van der Waals surface area contributed by atoms with Gasteiger partial charge in [-0.25, -0.2) is 14.8 Å². The van der Waals surface area contributed by atoms with E-state index in [0.29, 0.717) is 22.3 Å². The van der Waals surface area contributed by atoms with E-state index in [2.05, 4.69) is 10.3 Å². The number of hydrogen-bond acceptors (Lipinski definition) is 8. The van der Waals surface area contributed by atoms with Crippen LogP contribution in [0.3, 0.4) is 0 Å². The van der Waals surface area contributed by atoms with E-state index in [9.17, 15) is 4.79 Å². The Morgan fingerprint density at radius 3 is 2.66 bits per heavy atom. The van der Waals surface area contributed by atoms with Gasteiger partial charge in [0.05, 0.1) is 32.0 Å². The summed E-state index contributed by atoms with van der Waals surface area (Å²) < 4.78 is 17.3. The molecule has 8 nitrogen and oxygen atoms in total. The third-order valence-electron chi connectivity index (χ3n) is 4.30. The molecule has 0 radical (unpaired) electrons. The first kappa shape index (κ1) is 18.8. The first-order chi connectivity index (χ1) is 14.1. The summed E-state index contributed by atoms with van der Waals surface area (Å²) in [6, 6.07) is 11.0. The second-order valence-electron chi connectivity index (χ2n) is 5.97. The highest BCUT2D eigenvalue weighted by Gasteiger charge is 2.14. The van der Waals surface area contributed by atoms with E-state index < -0.39 is 0 Å². The lowest BCUT2D eigenvalue weighted by Gasteiger charge is -2.12. The van der Waals surface area contributed by atoms with Crippen LogP contribution in [0.4, 0.5) is 10.9 Å². The van der Waals surface area contributed by atoms with Gasteiger partial charge in [0, 0.05) is 24.0 Å². The summed E-state index contributed by atoms with van der Waals surface area (Å²) in [4.78, 5) is 21.4. The van der Waals surface area contributed by atoms with Gasteiger partial charge in [0.15, 0.2) is 11.5 Å². The Hall–Kier alpha value is -3.59. The van der Waals surface area contributed by atoms with E-state index in [1.54, 1.807) is 26.5 Å². The topological polar surface area (TPSA) is 87.0 Å². The van der Waals surface area contributed by atoms with Crippen LogP contribution in [0.5, 0.6) is 11.5 Å². The summed E-state index contributed by atoms with van der Waals surface area (Å²) in [7, 11) is 4.55. The van der Waals surface area contributed by atoms with Crippen molar-refractivity contribution in [1.82, 2.24) is 14.4 Å². The number of rotatable bonds is 6. The molecule has 4 aromatic rings. The van der Waals surface area contributed by atoms with Crippen molar-refractivity contribution >= 4 is 33.9 Å². The number of benzene rings is 1. The highest BCUT2D eigenvalue weighted by atomic mass is 32.1. The predicted molar refractivity (Wildman–Crippen MR) is 110 cm³/mol. The Morgan fingerprint density at radius 1 is 1.07 bits per heavy atom. The Kier molecular flexibility index (Phi) is 5.05. The average Bonchev–Trinajstić information content (AvgIpc) is 3.42. The van der Waals surface area contributed by atoms with Crippen LogP contribution in [-0.2, 0) is 4.74 Å². The molecular formula is C20H18N4O4S. The van der Waals surface area contributed by atoms with Gasteiger partial charge in [-0.1, -0.05) is 0 Å². The number of nitrogens with one attached hydrogen (secondary N) is 1. The number of methoxy groups -OCH3 is 3. The summed E-state index contributed by atoms with van der Waals surface area (Å²) in [5.41, 5.74) is 2.31. The van der Waals surface area contributed by atoms with Gasteiger partial charge in [-0.3, -0.25) is 4.40 Å². The SMILES string of the molecule is COC(=O)c1ccc(Nc2nc(-c3ccc(OC)c(OC)c3)cc3nccn23)s1. The number of anilines is 2. The molecule has 0 aliphatic heterocycles. The van der Waals surface area contributed by atoms with E-state index >= 15 is 0 Å². The molecule has 0 amide bonds. The fraction of sp³-hybridized carbons (Fsp3) is 0.150. The second kappa shape index (κ2) is 7.80. The minimum Gasteiger partial charge on any atom is -0.493 e. The average molecular weight is 410 g/mol. The van der Waals surface area contributed by atoms with Crippen molar-refractivity contribution < 1.29 is 19.0 Å². The molecule has 0 bridgehead atoms. The molecule has 1 N–H and O–H groups in total. The van der Waals surface area contributed by atoms with E-state index in [1.807, 2.05) is 40.9 Å². The predicted octanol–water partition coefficient (Wildman–Crippen LogP) is 4.01. The molecule has 0 fully saturated rings. The zero-order chi connectivity index (χ0) is 20.4. The zero-order valence-corrected chi connectivity index (χ0v) is 16.8. The number of esters is 1. The third kappa shape index (κ3) is 3.59. The maximum Gasteiger partial charge on any atom is 0.348 e. The first-order valence-electron chi connectivity index (χ1n) is 8.64. The smallest absolute Gasteiger partial charge is 0.348 e. The molecule has 3 heterocycles. The summed E-state index contributed by atoms with van der Waals surface area (Å²) >= 11 is 1.29. The molecular weight excluding hydrogens is 392 g/mol. The van der Waals surface area contributed by atoms with Gasteiger partial charge in [-0.2, -0.15) is 0 Å². The Balaban J connectivity index is 1.75. The van der Waals surface area contributed by atoms with Crippen molar-refractivity contribution in [2.24, 2.45) is 0 Å². The monoisotopic (exact) mass is 410 g/mol. The van der Waals surface area contributed by atoms with Crippen LogP contribution in [0.1, 0.15) is 9.67 Å². The van der Waals surface area contributed by atoms with Gasteiger partial charge >= 0.3 is 5.97 Å². The quantitative estimate of drug-likeness (QED) is 0.481. The minimum atomic E-state index is -0.372. The number of aromatic nitrogens is 3.